The summed E-state index contributed by atoms with van der Waals surface area (Å²) in [7, 11) is 0. The van der Waals surface area contributed by atoms with Crippen molar-refractivity contribution in [1.82, 2.24) is 5.32 Å². The number of rotatable bonds is 1. The van der Waals surface area contributed by atoms with Gasteiger partial charge in [-0.2, -0.15) is 0 Å². The fraction of sp³-hybridized carbons (Fsp3) is 0.333. The highest BCUT2D eigenvalue weighted by Crippen LogP contribution is 2.24. The molecular formula is C9H11NS. The van der Waals surface area contributed by atoms with Crippen LogP contribution in [0.4, 0.5) is 0 Å². The predicted molar refractivity (Wildman–Crippen MR) is 49.9 cm³/mol. The molecular weight excluding hydrogens is 154 g/mol. The summed E-state index contributed by atoms with van der Waals surface area (Å²) in [5.74, 6) is 0. The number of hydrogen-bond donors (Lipinski definition) is 1. The van der Waals surface area contributed by atoms with Crippen molar-refractivity contribution in [2.24, 2.45) is 0 Å². The third-order valence-corrected chi connectivity index (χ3v) is 2.94. The normalized spacial score (nSPS) is 17.0. The minimum absolute atomic E-state index is 1.03. The third-order valence-electron chi connectivity index (χ3n) is 1.87. The van der Waals surface area contributed by atoms with Crippen LogP contribution in [0.1, 0.15) is 9.75 Å². The van der Waals surface area contributed by atoms with E-state index in [4.69, 9.17) is 0 Å². The summed E-state index contributed by atoms with van der Waals surface area (Å²) < 4.78 is 0. The van der Waals surface area contributed by atoms with Gasteiger partial charge in [-0.1, -0.05) is 6.08 Å². The lowest BCUT2D eigenvalue weighted by Gasteiger charge is -1.94. The lowest BCUT2D eigenvalue weighted by atomic mass is 10.2. The Morgan fingerprint density at radius 1 is 1.45 bits per heavy atom. The van der Waals surface area contributed by atoms with E-state index in [0.717, 1.165) is 13.1 Å². The molecule has 58 valence electrons. The zero-order chi connectivity index (χ0) is 7.68. The fourth-order valence-electron chi connectivity index (χ4n) is 1.27. The van der Waals surface area contributed by atoms with Gasteiger partial charge in [0.1, 0.15) is 0 Å². The quantitative estimate of drug-likeness (QED) is 0.671. The lowest BCUT2D eigenvalue weighted by molar-refractivity contribution is 0.898. The van der Waals surface area contributed by atoms with Crippen LogP contribution in [0.2, 0.25) is 0 Å². The van der Waals surface area contributed by atoms with Crippen molar-refractivity contribution in [3.63, 3.8) is 0 Å². The van der Waals surface area contributed by atoms with Crippen LogP contribution >= 0.6 is 11.3 Å². The minimum atomic E-state index is 1.03. The molecule has 0 saturated heterocycles. The summed E-state index contributed by atoms with van der Waals surface area (Å²) in [6.07, 6.45) is 2.27. The van der Waals surface area contributed by atoms with E-state index in [1.165, 1.54) is 15.3 Å². The molecule has 0 amide bonds. The van der Waals surface area contributed by atoms with Crippen molar-refractivity contribution >= 4 is 16.9 Å². The van der Waals surface area contributed by atoms with E-state index in [2.05, 4.69) is 30.4 Å². The average Bonchev–Trinajstić information content (AvgIpc) is 2.55. The first kappa shape index (κ1) is 7.07. The molecule has 1 N–H and O–H groups in total. The van der Waals surface area contributed by atoms with E-state index in [-0.39, 0.29) is 0 Å². The maximum atomic E-state index is 3.29. The molecule has 1 nitrogen and oxygen atoms in total. The van der Waals surface area contributed by atoms with Crippen molar-refractivity contribution in [3.8, 4) is 0 Å². The fourth-order valence-corrected chi connectivity index (χ4v) is 2.17. The minimum Gasteiger partial charge on any atom is -0.309 e. The van der Waals surface area contributed by atoms with Gasteiger partial charge in [0.15, 0.2) is 0 Å². The van der Waals surface area contributed by atoms with E-state index in [9.17, 15) is 0 Å². The third kappa shape index (κ3) is 1.37. The van der Waals surface area contributed by atoms with Crippen molar-refractivity contribution in [1.29, 1.82) is 0 Å². The summed E-state index contributed by atoms with van der Waals surface area (Å²) in [6, 6.07) is 4.39. The molecule has 2 heterocycles. The van der Waals surface area contributed by atoms with Crippen molar-refractivity contribution < 1.29 is 0 Å². The molecule has 1 aromatic rings. The first-order valence-electron chi connectivity index (χ1n) is 3.83. The number of aryl methyl sites for hydroxylation is 1. The summed E-state index contributed by atoms with van der Waals surface area (Å²) in [4.78, 5) is 2.82. The second-order valence-corrected chi connectivity index (χ2v) is 4.06. The molecule has 2 rings (SSSR count). The van der Waals surface area contributed by atoms with Gasteiger partial charge in [-0.05, 0) is 24.6 Å². The van der Waals surface area contributed by atoms with Crippen LogP contribution < -0.4 is 5.32 Å². The summed E-state index contributed by atoms with van der Waals surface area (Å²) in [5, 5.41) is 3.29. The zero-order valence-electron chi connectivity index (χ0n) is 6.55. The van der Waals surface area contributed by atoms with Crippen LogP contribution in [0.25, 0.3) is 5.57 Å². The molecule has 11 heavy (non-hydrogen) atoms. The van der Waals surface area contributed by atoms with Crippen molar-refractivity contribution in [2.45, 2.75) is 6.92 Å². The van der Waals surface area contributed by atoms with Gasteiger partial charge in [0.25, 0.3) is 0 Å². The molecule has 0 aromatic carbocycles. The molecule has 0 saturated carbocycles. The van der Waals surface area contributed by atoms with Gasteiger partial charge in [-0.3, -0.25) is 0 Å². The Hall–Kier alpha value is -0.600. The first-order valence-corrected chi connectivity index (χ1v) is 4.64. The molecule has 1 aromatic heterocycles. The Labute approximate surface area is 70.8 Å². The van der Waals surface area contributed by atoms with Gasteiger partial charge in [-0.25, -0.2) is 0 Å². The van der Waals surface area contributed by atoms with Crippen LogP contribution in [0.15, 0.2) is 18.2 Å². The monoisotopic (exact) mass is 165 g/mol. The number of thiophene rings is 1. The van der Waals surface area contributed by atoms with Gasteiger partial charge in [-0.15, -0.1) is 11.3 Å². The maximum Gasteiger partial charge on any atom is 0.0315 e. The highest BCUT2D eigenvalue weighted by Gasteiger charge is 2.07. The summed E-state index contributed by atoms with van der Waals surface area (Å²) >= 11 is 1.88. The van der Waals surface area contributed by atoms with Gasteiger partial charge >= 0.3 is 0 Å². The Balaban J connectivity index is 2.28. The molecule has 0 aliphatic carbocycles. The molecule has 0 spiro atoms. The molecule has 0 unspecified atom stereocenters. The predicted octanol–water partition coefficient (Wildman–Crippen LogP) is 2.04. The second kappa shape index (κ2) is 2.80. The Kier molecular flexibility index (Phi) is 1.80. The molecule has 0 atom stereocenters. The zero-order valence-corrected chi connectivity index (χ0v) is 7.37. The second-order valence-electron chi connectivity index (χ2n) is 2.77. The van der Waals surface area contributed by atoms with Crippen molar-refractivity contribution in [3.05, 3.63) is 28.0 Å². The van der Waals surface area contributed by atoms with Crippen LogP contribution in [0.3, 0.4) is 0 Å². The lowest BCUT2D eigenvalue weighted by Crippen LogP contribution is -2.07. The van der Waals surface area contributed by atoms with E-state index in [1.807, 2.05) is 11.3 Å². The maximum absolute atomic E-state index is 3.29. The molecule has 0 bridgehead atoms. The van der Waals surface area contributed by atoms with Crippen molar-refractivity contribution in [2.75, 3.05) is 13.1 Å². The summed E-state index contributed by atoms with van der Waals surface area (Å²) in [6.45, 7) is 4.23. The van der Waals surface area contributed by atoms with Crippen LogP contribution in [0, 0.1) is 6.92 Å². The van der Waals surface area contributed by atoms with Gasteiger partial charge < -0.3 is 5.32 Å². The Morgan fingerprint density at radius 3 is 2.91 bits per heavy atom. The summed E-state index contributed by atoms with van der Waals surface area (Å²) in [5.41, 5.74) is 1.46. The van der Waals surface area contributed by atoms with E-state index < -0.39 is 0 Å². The van der Waals surface area contributed by atoms with Gasteiger partial charge in [0.2, 0.25) is 0 Å². The number of hydrogen-bond acceptors (Lipinski definition) is 2. The number of nitrogens with one attached hydrogen (secondary N) is 1. The highest BCUT2D eigenvalue weighted by atomic mass is 32.1. The molecule has 1 aliphatic rings. The topological polar surface area (TPSA) is 12.0 Å². The van der Waals surface area contributed by atoms with Crippen LogP contribution in [-0.2, 0) is 0 Å². The standard InChI is InChI=1S/C9H11NS/c1-7-2-3-9(11-7)8-4-5-10-6-8/h2-4,10H,5-6H2,1H3. The van der Waals surface area contributed by atoms with Crippen LogP contribution in [0.5, 0.6) is 0 Å². The smallest absolute Gasteiger partial charge is 0.0315 e. The van der Waals surface area contributed by atoms with E-state index in [1.54, 1.807) is 0 Å². The molecule has 2 heteroatoms. The van der Waals surface area contributed by atoms with Crippen LogP contribution in [-0.4, -0.2) is 13.1 Å². The van der Waals surface area contributed by atoms with Gasteiger partial charge in [0.05, 0.1) is 0 Å². The average molecular weight is 165 g/mol. The Morgan fingerprint density at radius 2 is 2.36 bits per heavy atom. The highest BCUT2D eigenvalue weighted by molar-refractivity contribution is 7.13. The molecule has 0 fully saturated rings. The largest absolute Gasteiger partial charge is 0.309 e. The van der Waals surface area contributed by atoms with E-state index in [0.29, 0.717) is 0 Å². The van der Waals surface area contributed by atoms with Gasteiger partial charge in [0, 0.05) is 22.8 Å². The molecule has 1 aliphatic heterocycles. The first-order chi connectivity index (χ1) is 5.36. The van der Waals surface area contributed by atoms with E-state index >= 15 is 0 Å². The SMILES string of the molecule is Cc1ccc(C2=CCNC2)s1. The molecule has 0 radical (unpaired) electrons. The Bertz CT molecular complexity index is 286.